The molecule has 0 aliphatic carbocycles. The first kappa shape index (κ1) is 14.9. The van der Waals surface area contributed by atoms with Gasteiger partial charge in [-0.3, -0.25) is 4.79 Å². The van der Waals surface area contributed by atoms with Gasteiger partial charge in [0.05, 0.1) is 12.6 Å². The molecule has 0 radical (unpaired) electrons. The van der Waals surface area contributed by atoms with Gasteiger partial charge in [0, 0.05) is 19.2 Å². The van der Waals surface area contributed by atoms with Crippen molar-refractivity contribution in [2.45, 2.75) is 38.3 Å². The third kappa shape index (κ3) is 2.80. The van der Waals surface area contributed by atoms with Gasteiger partial charge in [-0.2, -0.15) is 0 Å². The van der Waals surface area contributed by atoms with E-state index < -0.39 is 0 Å². The van der Waals surface area contributed by atoms with Crippen molar-refractivity contribution in [3.8, 4) is 5.75 Å². The number of hydrogen-bond acceptors (Lipinski definition) is 3. The maximum atomic E-state index is 12.7. The molecule has 1 atom stereocenters. The molecule has 1 aliphatic heterocycles. The number of rotatable bonds is 5. The SMILES string of the molecule is CCC1(C(=O)N(C)Cc2ccccc2OC)CCCN1. The highest BCUT2D eigenvalue weighted by Crippen LogP contribution is 2.26. The number of hydrogen-bond donors (Lipinski definition) is 1. The summed E-state index contributed by atoms with van der Waals surface area (Å²) in [5.74, 6) is 1.01. The molecule has 1 aromatic rings. The standard InChI is InChI=1S/C16H24N2O2/c1-4-16(10-7-11-17-16)15(19)18(2)12-13-8-5-6-9-14(13)20-3/h5-6,8-9,17H,4,7,10-12H2,1-3H3. The van der Waals surface area contributed by atoms with Gasteiger partial charge < -0.3 is 15.0 Å². The zero-order chi connectivity index (χ0) is 14.6. The van der Waals surface area contributed by atoms with E-state index in [1.54, 1.807) is 12.0 Å². The fourth-order valence-electron chi connectivity index (χ4n) is 2.97. The van der Waals surface area contributed by atoms with Gasteiger partial charge in [-0.05, 0) is 31.9 Å². The molecule has 0 saturated carbocycles. The number of carbonyl (C=O) groups excluding carboxylic acids is 1. The number of nitrogens with one attached hydrogen (secondary N) is 1. The monoisotopic (exact) mass is 276 g/mol. The van der Waals surface area contributed by atoms with Gasteiger partial charge in [-0.25, -0.2) is 0 Å². The first-order valence-corrected chi connectivity index (χ1v) is 7.25. The number of methoxy groups -OCH3 is 1. The summed E-state index contributed by atoms with van der Waals surface area (Å²) in [6.45, 7) is 3.58. The van der Waals surface area contributed by atoms with Crippen LogP contribution < -0.4 is 10.1 Å². The summed E-state index contributed by atoms with van der Waals surface area (Å²) in [6.07, 6.45) is 2.84. The lowest BCUT2D eigenvalue weighted by Crippen LogP contribution is -2.53. The van der Waals surface area contributed by atoms with Crippen LogP contribution >= 0.6 is 0 Å². The molecule has 110 valence electrons. The van der Waals surface area contributed by atoms with Gasteiger partial charge in [0.15, 0.2) is 0 Å². The van der Waals surface area contributed by atoms with Crippen LogP contribution in [0.3, 0.4) is 0 Å². The summed E-state index contributed by atoms with van der Waals surface area (Å²) in [6, 6.07) is 7.84. The molecular formula is C16H24N2O2. The Balaban J connectivity index is 2.11. The molecule has 20 heavy (non-hydrogen) atoms. The predicted octanol–water partition coefficient (Wildman–Crippen LogP) is 2.19. The number of ether oxygens (including phenoxy) is 1. The minimum atomic E-state index is -0.364. The lowest BCUT2D eigenvalue weighted by atomic mass is 9.92. The van der Waals surface area contributed by atoms with Gasteiger partial charge in [0.2, 0.25) is 5.91 Å². The van der Waals surface area contributed by atoms with E-state index >= 15 is 0 Å². The quantitative estimate of drug-likeness (QED) is 0.896. The van der Waals surface area contributed by atoms with Crippen molar-refractivity contribution in [3.63, 3.8) is 0 Å². The predicted molar refractivity (Wildman–Crippen MR) is 79.7 cm³/mol. The average molecular weight is 276 g/mol. The Morgan fingerprint density at radius 3 is 2.80 bits per heavy atom. The third-order valence-electron chi connectivity index (χ3n) is 4.20. The van der Waals surface area contributed by atoms with Crippen molar-refractivity contribution in [1.29, 1.82) is 0 Å². The Morgan fingerprint density at radius 2 is 2.20 bits per heavy atom. The van der Waals surface area contributed by atoms with E-state index in [-0.39, 0.29) is 11.4 Å². The van der Waals surface area contributed by atoms with Crippen LogP contribution in [-0.2, 0) is 11.3 Å². The van der Waals surface area contributed by atoms with Crippen LogP contribution in [0, 0.1) is 0 Å². The third-order valence-corrected chi connectivity index (χ3v) is 4.20. The molecular weight excluding hydrogens is 252 g/mol. The highest BCUT2D eigenvalue weighted by molar-refractivity contribution is 5.86. The second-order valence-corrected chi connectivity index (χ2v) is 5.44. The van der Waals surface area contributed by atoms with Gasteiger partial charge in [0.1, 0.15) is 5.75 Å². The van der Waals surface area contributed by atoms with Gasteiger partial charge >= 0.3 is 0 Å². The summed E-state index contributed by atoms with van der Waals surface area (Å²) in [5, 5.41) is 3.39. The molecule has 1 heterocycles. The second-order valence-electron chi connectivity index (χ2n) is 5.44. The van der Waals surface area contributed by atoms with Crippen molar-refractivity contribution in [3.05, 3.63) is 29.8 Å². The first-order chi connectivity index (χ1) is 9.63. The molecule has 1 saturated heterocycles. The highest BCUT2D eigenvalue weighted by Gasteiger charge is 2.40. The Kier molecular flexibility index (Phi) is 4.65. The van der Waals surface area contributed by atoms with Crippen LogP contribution in [0.5, 0.6) is 5.75 Å². The van der Waals surface area contributed by atoms with E-state index in [4.69, 9.17) is 4.74 Å². The summed E-state index contributed by atoms with van der Waals surface area (Å²) < 4.78 is 5.35. The first-order valence-electron chi connectivity index (χ1n) is 7.25. The lowest BCUT2D eigenvalue weighted by molar-refractivity contribution is -0.137. The average Bonchev–Trinajstić information content (AvgIpc) is 2.97. The Hall–Kier alpha value is -1.55. The maximum Gasteiger partial charge on any atom is 0.242 e. The second kappa shape index (κ2) is 6.27. The molecule has 2 rings (SSSR count). The van der Waals surface area contributed by atoms with Gasteiger partial charge in [-0.1, -0.05) is 25.1 Å². The number of benzene rings is 1. The van der Waals surface area contributed by atoms with Crippen LogP contribution in [-0.4, -0.2) is 37.0 Å². The van der Waals surface area contributed by atoms with Crippen molar-refractivity contribution < 1.29 is 9.53 Å². The summed E-state index contributed by atoms with van der Waals surface area (Å²) in [4.78, 5) is 14.5. The summed E-state index contributed by atoms with van der Waals surface area (Å²) >= 11 is 0. The minimum absolute atomic E-state index is 0.184. The molecule has 4 heteroatoms. The number of nitrogens with zero attached hydrogens (tertiary/aromatic N) is 1. The molecule has 1 aromatic carbocycles. The Labute approximate surface area is 121 Å². The Bertz CT molecular complexity index is 467. The molecule has 1 fully saturated rings. The maximum absolute atomic E-state index is 12.7. The lowest BCUT2D eigenvalue weighted by Gasteiger charge is -2.32. The fraction of sp³-hybridized carbons (Fsp3) is 0.562. The van der Waals surface area contributed by atoms with Crippen LogP contribution in [0.25, 0.3) is 0 Å². The summed E-state index contributed by atoms with van der Waals surface area (Å²) in [5.41, 5.74) is 0.673. The molecule has 1 N–H and O–H groups in total. The zero-order valence-corrected chi connectivity index (χ0v) is 12.6. The van der Waals surface area contributed by atoms with E-state index in [0.717, 1.165) is 37.1 Å². The molecule has 0 bridgehead atoms. The normalized spacial score (nSPS) is 21.8. The van der Waals surface area contributed by atoms with E-state index in [9.17, 15) is 4.79 Å². The molecule has 1 unspecified atom stereocenters. The van der Waals surface area contributed by atoms with Crippen molar-refractivity contribution in [1.82, 2.24) is 10.2 Å². The van der Waals surface area contributed by atoms with E-state index in [1.807, 2.05) is 31.3 Å². The topological polar surface area (TPSA) is 41.6 Å². The van der Waals surface area contributed by atoms with Crippen LogP contribution in [0.2, 0.25) is 0 Å². The van der Waals surface area contributed by atoms with Crippen LogP contribution in [0.15, 0.2) is 24.3 Å². The van der Waals surface area contributed by atoms with E-state index in [1.165, 1.54) is 0 Å². The summed E-state index contributed by atoms with van der Waals surface area (Å²) in [7, 11) is 3.53. The van der Waals surface area contributed by atoms with Crippen LogP contribution in [0.1, 0.15) is 31.7 Å². The van der Waals surface area contributed by atoms with Gasteiger partial charge in [-0.15, -0.1) is 0 Å². The highest BCUT2D eigenvalue weighted by atomic mass is 16.5. The van der Waals surface area contributed by atoms with Crippen molar-refractivity contribution >= 4 is 5.91 Å². The number of amides is 1. The molecule has 0 aromatic heterocycles. The fourth-order valence-corrected chi connectivity index (χ4v) is 2.97. The molecule has 1 aliphatic rings. The largest absolute Gasteiger partial charge is 0.496 e. The van der Waals surface area contributed by atoms with Crippen molar-refractivity contribution in [2.24, 2.45) is 0 Å². The molecule has 4 nitrogen and oxygen atoms in total. The van der Waals surface area contributed by atoms with E-state index in [0.29, 0.717) is 6.54 Å². The van der Waals surface area contributed by atoms with Crippen molar-refractivity contribution in [2.75, 3.05) is 20.7 Å². The number of para-hydroxylation sites is 1. The van der Waals surface area contributed by atoms with Gasteiger partial charge in [0.25, 0.3) is 0 Å². The molecule has 1 amide bonds. The molecule has 0 spiro atoms. The zero-order valence-electron chi connectivity index (χ0n) is 12.6. The Morgan fingerprint density at radius 1 is 1.45 bits per heavy atom. The minimum Gasteiger partial charge on any atom is -0.496 e. The number of likely N-dealkylation sites (N-methyl/N-ethyl adjacent to an activating group) is 1. The van der Waals surface area contributed by atoms with Crippen LogP contribution in [0.4, 0.5) is 0 Å². The van der Waals surface area contributed by atoms with E-state index in [2.05, 4.69) is 12.2 Å². The number of carbonyl (C=O) groups is 1. The smallest absolute Gasteiger partial charge is 0.242 e.